The largest absolute Gasteiger partial charge is 0.345 e. The molecule has 2 amide bonds. The van der Waals surface area contributed by atoms with Crippen molar-refractivity contribution < 1.29 is 9.59 Å². The molecular weight excluding hydrogens is 422 g/mol. The second kappa shape index (κ2) is 9.88. The van der Waals surface area contributed by atoms with E-state index in [0.717, 1.165) is 62.9 Å². The molecule has 0 saturated carbocycles. The number of benzene rings is 2. The van der Waals surface area contributed by atoms with Crippen LogP contribution in [0.2, 0.25) is 0 Å². The predicted molar refractivity (Wildman–Crippen MR) is 134 cm³/mol. The first-order valence-electron chi connectivity index (χ1n) is 12.6. The summed E-state index contributed by atoms with van der Waals surface area (Å²) in [5.41, 5.74) is 4.62. The molecule has 3 aromatic rings. The third kappa shape index (κ3) is 4.27. The van der Waals surface area contributed by atoms with Crippen molar-refractivity contribution in [3.05, 3.63) is 94.8 Å². The van der Waals surface area contributed by atoms with E-state index in [2.05, 4.69) is 41.1 Å². The molecule has 3 heterocycles. The maximum absolute atomic E-state index is 13.8. The van der Waals surface area contributed by atoms with Crippen molar-refractivity contribution in [3.8, 4) is 0 Å². The quantitative estimate of drug-likeness (QED) is 0.520. The number of likely N-dealkylation sites (tertiary alicyclic amines) is 1. The third-order valence-corrected chi connectivity index (χ3v) is 7.33. The minimum atomic E-state index is -0.0820. The summed E-state index contributed by atoms with van der Waals surface area (Å²) in [7, 11) is 0. The number of hydrogen-bond acceptors (Lipinski definition) is 2. The molecule has 34 heavy (non-hydrogen) atoms. The molecule has 1 N–H and O–H groups in total. The highest BCUT2D eigenvalue weighted by Gasteiger charge is 2.34. The first-order valence-corrected chi connectivity index (χ1v) is 12.6. The van der Waals surface area contributed by atoms with Gasteiger partial charge in [0, 0.05) is 18.8 Å². The molecule has 2 atom stereocenters. The van der Waals surface area contributed by atoms with Gasteiger partial charge in [0.05, 0.1) is 17.6 Å². The van der Waals surface area contributed by atoms with Crippen molar-refractivity contribution in [1.29, 1.82) is 0 Å². The van der Waals surface area contributed by atoms with Crippen LogP contribution in [0, 0.1) is 0 Å². The Balaban J connectivity index is 1.44. The van der Waals surface area contributed by atoms with Crippen LogP contribution in [-0.2, 0) is 13.0 Å². The second-order valence-electron chi connectivity index (χ2n) is 9.41. The number of aromatic nitrogens is 1. The van der Waals surface area contributed by atoms with E-state index in [1.54, 1.807) is 0 Å². The molecule has 2 aliphatic heterocycles. The highest BCUT2D eigenvalue weighted by atomic mass is 16.2. The number of nitrogens with zero attached hydrogens (tertiary/aromatic N) is 2. The Morgan fingerprint density at radius 2 is 1.71 bits per heavy atom. The summed E-state index contributed by atoms with van der Waals surface area (Å²) in [5, 5.41) is 3.23. The summed E-state index contributed by atoms with van der Waals surface area (Å²) in [4.78, 5) is 29.3. The summed E-state index contributed by atoms with van der Waals surface area (Å²) in [6.07, 6.45) is 5.70. The van der Waals surface area contributed by atoms with E-state index in [-0.39, 0.29) is 23.9 Å². The molecule has 176 valence electrons. The maximum Gasteiger partial charge on any atom is 0.271 e. The SMILES string of the molecule is CC[C@@H](NC(=O)c1cc(C(=O)N2CCCC2c2ccccc2)n2c1CCCC2)c1ccccc1. The number of rotatable bonds is 6. The van der Waals surface area contributed by atoms with Crippen molar-refractivity contribution in [2.75, 3.05) is 6.54 Å². The van der Waals surface area contributed by atoms with E-state index in [1.165, 1.54) is 5.56 Å². The zero-order valence-corrected chi connectivity index (χ0v) is 19.9. The normalized spacial score (nSPS) is 18.4. The highest BCUT2D eigenvalue weighted by molar-refractivity contribution is 6.01. The smallest absolute Gasteiger partial charge is 0.271 e. The van der Waals surface area contributed by atoms with Gasteiger partial charge in [-0.2, -0.15) is 0 Å². The fourth-order valence-electron chi connectivity index (χ4n) is 5.57. The number of carbonyl (C=O) groups is 2. The lowest BCUT2D eigenvalue weighted by molar-refractivity contribution is 0.0723. The second-order valence-corrected chi connectivity index (χ2v) is 9.41. The molecule has 0 radical (unpaired) electrons. The molecule has 2 aromatic carbocycles. The van der Waals surface area contributed by atoms with E-state index in [9.17, 15) is 9.59 Å². The minimum Gasteiger partial charge on any atom is -0.345 e. The molecule has 0 spiro atoms. The van der Waals surface area contributed by atoms with Gasteiger partial charge in [-0.1, -0.05) is 67.6 Å². The van der Waals surface area contributed by atoms with Gasteiger partial charge in [0.2, 0.25) is 0 Å². The summed E-state index contributed by atoms with van der Waals surface area (Å²) in [5.74, 6) is -0.0370. The van der Waals surface area contributed by atoms with Gasteiger partial charge in [-0.05, 0) is 55.7 Å². The van der Waals surface area contributed by atoms with E-state index in [4.69, 9.17) is 0 Å². The Hall–Kier alpha value is -3.34. The van der Waals surface area contributed by atoms with Crippen LogP contribution in [0.4, 0.5) is 0 Å². The molecule has 1 saturated heterocycles. The van der Waals surface area contributed by atoms with Gasteiger partial charge in [-0.25, -0.2) is 0 Å². The van der Waals surface area contributed by atoms with Gasteiger partial charge in [-0.3, -0.25) is 9.59 Å². The highest BCUT2D eigenvalue weighted by Crippen LogP contribution is 2.34. The molecule has 5 rings (SSSR count). The van der Waals surface area contributed by atoms with Crippen LogP contribution in [0.15, 0.2) is 66.7 Å². The number of nitrogens with one attached hydrogen (secondary N) is 1. The topological polar surface area (TPSA) is 54.3 Å². The van der Waals surface area contributed by atoms with Crippen LogP contribution in [0.3, 0.4) is 0 Å². The van der Waals surface area contributed by atoms with Gasteiger partial charge in [0.15, 0.2) is 0 Å². The van der Waals surface area contributed by atoms with Crippen LogP contribution in [-0.4, -0.2) is 27.8 Å². The molecule has 1 unspecified atom stereocenters. The predicted octanol–water partition coefficient (Wildman–Crippen LogP) is 5.68. The molecule has 0 bridgehead atoms. The lowest BCUT2D eigenvalue weighted by Crippen LogP contribution is -2.32. The molecule has 1 fully saturated rings. The van der Waals surface area contributed by atoms with Crippen molar-refractivity contribution in [2.45, 2.75) is 64.1 Å². The Morgan fingerprint density at radius 3 is 2.44 bits per heavy atom. The number of amides is 2. The molecule has 5 nitrogen and oxygen atoms in total. The van der Waals surface area contributed by atoms with Crippen LogP contribution in [0.25, 0.3) is 0 Å². The van der Waals surface area contributed by atoms with Gasteiger partial charge in [0.25, 0.3) is 11.8 Å². The van der Waals surface area contributed by atoms with Crippen LogP contribution in [0.1, 0.15) is 88.8 Å². The third-order valence-electron chi connectivity index (χ3n) is 7.33. The summed E-state index contributed by atoms with van der Waals surface area (Å²) in [6.45, 7) is 3.63. The Morgan fingerprint density at radius 1 is 0.971 bits per heavy atom. The lowest BCUT2D eigenvalue weighted by atomic mass is 10.0. The van der Waals surface area contributed by atoms with Crippen LogP contribution >= 0.6 is 0 Å². The van der Waals surface area contributed by atoms with E-state index < -0.39 is 0 Å². The average Bonchev–Trinajstić information content (AvgIpc) is 3.53. The van der Waals surface area contributed by atoms with Crippen molar-refractivity contribution in [2.24, 2.45) is 0 Å². The molecule has 2 aliphatic rings. The summed E-state index contributed by atoms with van der Waals surface area (Å²) >= 11 is 0. The first kappa shape index (κ1) is 22.5. The molecule has 0 aliphatic carbocycles. The lowest BCUT2D eigenvalue weighted by Gasteiger charge is -2.26. The average molecular weight is 456 g/mol. The Bertz CT molecular complexity index is 1150. The number of fused-ring (bicyclic) bond motifs is 1. The van der Waals surface area contributed by atoms with Crippen molar-refractivity contribution >= 4 is 11.8 Å². The first-order chi connectivity index (χ1) is 16.7. The van der Waals surface area contributed by atoms with Gasteiger partial charge < -0.3 is 14.8 Å². The maximum atomic E-state index is 13.8. The van der Waals surface area contributed by atoms with Gasteiger partial charge in [0.1, 0.15) is 5.69 Å². The monoisotopic (exact) mass is 455 g/mol. The van der Waals surface area contributed by atoms with Gasteiger partial charge >= 0.3 is 0 Å². The molecular formula is C29H33N3O2. The summed E-state index contributed by atoms with van der Waals surface area (Å²) < 4.78 is 2.12. The van der Waals surface area contributed by atoms with Crippen molar-refractivity contribution in [1.82, 2.24) is 14.8 Å². The zero-order chi connectivity index (χ0) is 23.5. The van der Waals surface area contributed by atoms with E-state index >= 15 is 0 Å². The number of hydrogen-bond donors (Lipinski definition) is 1. The Labute approximate surface area is 201 Å². The van der Waals surface area contributed by atoms with E-state index in [1.807, 2.05) is 47.4 Å². The zero-order valence-electron chi connectivity index (χ0n) is 19.9. The fraction of sp³-hybridized carbons (Fsp3) is 0.379. The van der Waals surface area contributed by atoms with Crippen LogP contribution in [0.5, 0.6) is 0 Å². The Kier molecular flexibility index (Phi) is 6.52. The molecule has 5 heteroatoms. The minimum absolute atomic E-state index is 0.0450. The van der Waals surface area contributed by atoms with Crippen LogP contribution < -0.4 is 5.32 Å². The molecule has 1 aromatic heterocycles. The standard InChI is InChI=1S/C29H33N3O2/c1-2-24(21-12-5-3-6-13-21)30-28(33)23-20-27(31-18-10-9-16-26(23)31)29(34)32-19-11-17-25(32)22-14-7-4-8-15-22/h3-8,12-15,20,24-25H,2,9-11,16-19H2,1H3,(H,30,33)/t24-,25?/m1/s1. The van der Waals surface area contributed by atoms with Crippen molar-refractivity contribution in [3.63, 3.8) is 0 Å². The number of carbonyl (C=O) groups excluding carboxylic acids is 2. The fourth-order valence-corrected chi connectivity index (χ4v) is 5.57. The summed E-state index contributed by atoms with van der Waals surface area (Å²) in [6, 6.07) is 22.3. The van der Waals surface area contributed by atoms with E-state index in [0.29, 0.717) is 11.3 Å². The van der Waals surface area contributed by atoms with Gasteiger partial charge in [-0.15, -0.1) is 0 Å².